The van der Waals surface area contributed by atoms with E-state index in [9.17, 15) is 9.59 Å². The first-order chi connectivity index (χ1) is 14.2. The third-order valence-corrected chi connectivity index (χ3v) is 5.87. The van der Waals surface area contributed by atoms with E-state index >= 15 is 0 Å². The number of quaternary nitrogens is 1. The Labute approximate surface area is 183 Å². The highest BCUT2D eigenvalue weighted by atomic mass is 35.5. The first-order valence-electron chi connectivity index (χ1n) is 10.4. The Bertz CT molecular complexity index is 912. The summed E-state index contributed by atoms with van der Waals surface area (Å²) in [6.07, 6.45) is 4.84. The van der Waals surface area contributed by atoms with Gasteiger partial charge < -0.3 is 22.0 Å². The first-order valence-corrected chi connectivity index (χ1v) is 10.4. The van der Waals surface area contributed by atoms with Gasteiger partial charge in [-0.3, -0.25) is 15.0 Å². The van der Waals surface area contributed by atoms with Crippen LogP contribution in [0.25, 0.3) is 0 Å². The van der Waals surface area contributed by atoms with E-state index in [0.717, 1.165) is 42.9 Å². The van der Waals surface area contributed by atoms with E-state index in [4.69, 9.17) is 4.74 Å². The number of piperidine rings is 1. The topological polar surface area (TPSA) is 63.1 Å². The van der Waals surface area contributed by atoms with E-state index in [1.54, 1.807) is 0 Å². The number of nitrogens with zero attached hydrogens (tertiary/aromatic N) is 1. The number of para-hydroxylation sites is 1. The van der Waals surface area contributed by atoms with Crippen molar-refractivity contribution in [2.75, 3.05) is 37.0 Å². The van der Waals surface area contributed by atoms with Gasteiger partial charge in [-0.25, -0.2) is 4.79 Å². The molecule has 160 valence electrons. The molecule has 0 aromatic heterocycles. The Morgan fingerprint density at radius 2 is 1.70 bits per heavy atom. The van der Waals surface area contributed by atoms with E-state index in [1.807, 2.05) is 41.3 Å². The Morgan fingerprint density at radius 1 is 1.00 bits per heavy atom. The number of hydrogen-bond donors (Lipinski definition) is 2. The van der Waals surface area contributed by atoms with E-state index in [1.165, 1.54) is 36.8 Å². The van der Waals surface area contributed by atoms with Crippen molar-refractivity contribution >= 4 is 29.1 Å². The maximum atomic E-state index is 13.5. The number of hydrogen-bond acceptors (Lipinski definition) is 3. The summed E-state index contributed by atoms with van der Waals surface area (Å²) in [5, 5.41) is 2.72. The van der Waals surface area contributed by atoms with Gasteiger partial charge in [-0.05, 0) is 61.4 Å². The summed E-state index contributed by atoms with van der Waals surface area (Å²) in [5.41, 5.74) is 4.71. The average Bonchev–Trinajstić information content (AvgIpc) is 2.91. The minimum absolute atomic E-state index is 0. The lowest BCUT2D eigenvalue weighted by atomic mass is 10.0. The van der Waals surface area contributed by atoms with Crippen molar-refractivity contribution in [2.24, 2.45) is 0 Å². The van der Waals surface area contributed by atoms with Crippen LogP contribution < -0.4 is 27.5 Å². The van der Waals surface area contributed by atoms with Crippen molar-refractivity contribution in [1.82, 2.24) is 0 Å². The number of benzene rings is 2. The summed E-state index contributed by atoms with van der Waals surface area (Å²) in [4.78, 5) is 28.4. The fourth-order valence-electron chi connectivity index (χ4n) is 4.36. The molecule has 7 heteroatoms. The number of carbonyl (C=O) groups is 2. The Balaban J connectivity index is 0.00000256. The highest BCUT2D eigenvalue weighted by Crippen LogP contribution is 2.37. The molecule has 0 bridgehead atoms. The number of rotatable bonds is 3. The molecule has 1 saturated heterocycles. The average molecular weight is 430 g/mol. The highest BCUT2D eigenvalue weighted by molar-refractivity contribution is 6.03. The van der Waals surface area contributed by atoms with E-state index in [2.05, 4.69) is 11.4 Å². The van der Waals surface area contributed by atoms with Crippen LogP contribution in [0.15, 0.2) is 42.5 Å². The molecule has 6 nitrogen and oxygen atoms in total. The highest BCUT2D eigenvalue weighted by Gasteiger charge is 2.29. The minimum atomic E-state index is -0.519. The zero-order valence-electron chi connectivity index (χ0n) is 17.2. The van der Waals surface area contributed by atoms with E-state index < -0.39 is 6.09 Å². The third kappa shape index (κ3) is 4.77. The molecule has 2 aliphatic rings. The molecule has 4 rings (SSSR count). The second-order valence-corrected chi connectivity index (χ2v) is 7.81. The molecule has 0 spiro atoms. The zero-order chi connectivity index (χ0) is 20.2. The fraction of sp³-hybridized carbons (Fsp3) is 0.391. The van der Waals surface area contributed by atoms with Crippen LogP contribution in [0.5, 0.6) is 0 Å². The lowest BCUT2D eigenvalue weighted by molar-refractivity contribution is -0.896. The van der Waals surface area contributed by atoms with Gasteiger partial charge in [0.2, 0.25) is 0 Å². The quantitative estimate of drug-likeness (QED) is 0.704. The molecule has 2 N–H and O–H groups in total. The van der Waals surface area contributed by atoms with Gasteiger partial charge in [0.1, 0.15) is 0 Å². The monoisotopic (exact) mass is 429 g/mol. The molecule has 2 amide bonds. The van der Waals surface area contributed by atoms with Crippen molar-refractivity contribution in [2.45, 2.75) is 32.1 Å². The van der Waals surface area contributed by atoms with Gasteiger partial charge in [-0.2, -0.15) is 0 Å². The van der Waals surface area contributed by atoms with E-state index in [-0.39, 0.29) is 18.3 Å². The van der Waals surface area contributed by atoms with Gasteiger partial charge in [0, 0.05) is 5.69 Å². The number of likely N-dealkylation sites (tertiary alicyclic amines) is 1. The summed E-state index contributed by atoms with van der Waals surface area (Å²) < 4.78 is 4.72. The Hall–Kier alpha value is -2.57. The number of carbonyl (C=O) groups excluding carboxylic acids is 2. The first kappa shape index (κ1) is 22.1. The van der Waals surface area contributed by atoms with Gasteiger partial charge in [0.25, 0.3) is 5.91 Å². The lowest BCUT2D eigenvalue weighted by Gasteiger charge is -2.29. The summed E-state index contributed by atoms with van der Waals surface area (Å²) in [6.45, 7) is 2.60. The lowest BCUT2D eigenvalue weighted by Crippen LogP contribution is -3.13. The second-order valence-electron chi connectivity index (χ2n) is 7.81. The smallest absolute Gasteiger partial charge is 0.411 e. The molecular formula is C23H28ClN3O3. The number of aryl methyl sites for hydroxylation is 2. The maximum Gasteiger partial charge on any atom is 0.411 e. The van der Waals surface area contributed by atoms with Crippen LogP contribution in [-0.4, -0.2) is 38.7 Å². The second kappa shape index (κ2) is 9.96. The van der Waals surface area contributed by atoms with Crippen molar-refractivity contribution in [3.8, 4) is 0 Å². The number of ether oxygens (including phenoxy) is 1. The molecule has 0 aliphatic carbocycles. The molecule has 2 aliphatic heterocycles. The van der Waals surface area contributed by atoms with Crippen LogP contribution in [0.1, 0.15) is 30.4 Å². The SMILES string of the molecule is COC(=O)Nc1ccc2c(c1)N(C(=O)C[NH+]1CCCCC1)c1ccccc1CC2.[Cl-]. The molecule has 1 fully saturated rings. The Kier molecular flexibility index (Phi) is 7.34. The third-order valence-electron chi connectivity index (χ3n) is 5.87. The largest absolute Gasteiger partial charge is 1.00 e. The molecule has 0 atom stereocenters. The summed E-state index contributed by atoms with van der Waals surface area (Å²) >= 11 is 0. The van der Waals surface area contributed by atoms with Crippen molar-refractivity contribution in [3.63, 3.8) is 0 Å². The molecule has 2 aromatic carbocycles. The summed E-state index contributed by atoms with van der Waals surface area (Å²) in [6, 6.07) is 13.9. The molecular weight excluding hydrogens is 402 g/mol. The van der Waals surface area contributed by atoms with Gasteiger partial charge in [-0.1, -0.05) is 24.3 Å². The predicted molar refractivity (Wildman–Crippen MR) is 113 cm³/mol. The maximum absolute atomic E-state index is 13.5. The zero-order valence-corrected chi connectivity index (χ0v) is 18.0. The molecule has 2 heterocycles. The van der Waals surface area contributed by atoms with Gasteiger partial charge in [0.15, 0.2) is 6.54 Å². The number of nitrogens with one attached hydrogen (secondary N) is 2. The van der Waals surface area contributed by atoms with Gasteiger partial charge >= 0.3 is 6.09 Å². The molecule has 0 radical (unpaired) electrons. The number of anilines is 3. The minimum Gasteiger partial charge on any atom is -1.00 e. The van der Waals surface area contributed by atoms with Crippen LogP contribution in [0.3, 0.4) is 0 Å². The van der Waals surface area contributed by atoms with Crippen LogP contribution in [0.2, 0.25) is 0 Å². The van der Waals surface area contributed by atoms with E-state index in [0.29, 0.717) is 12.2 Å². The number of methoxy groups -OCH3 is 1. The molecule has 30 heavy (non-hydrogen) atoms. The van der Waals surface area contributed by atoms with Crippen molar-refractivity contribution < 1.29 is 31.6 Å². The van der Waals surface area contributed by atoms with Crippen molar-refractivity contribution in [3.05, 3.63) is 53.6 Å². The van der Waals surface area contributed by atoms with Crippen LogP contribution >= 0.6 is 0 Å². The normalized spacial score (nSPS) is 15.8. The predicted octanol–water partition coefficient (Wildman–Crippen LogP) is -0.299. The molecule has 0 saturated carbocycles. The molecule has 0 unspecified atom stereocenters. The van der Waals surface area contributed by atoms with Crippen LogP contribution in [0.4, 0.5) is 21.9 Å². The summed E-state index contributed by atoms with van der Waals surface area (Å²) in [5.74, 6) is 0.104. The fourth-order valence-corrected chi connectivity index (χ4v) is 4.36. The standard InChI is InChI=1S/C23H27N3O3.ClH/c1-29-23(28)24-19-12-11-18-10-9-17-7-3-4-8-20(17)26(21(18)15-19)22(27)16-25-13-5-2-6-14-25;/h3-4,7-8,11-12,15H,2,5-6,9-10,13-14,16H2,1H3,(H,24,28);1H. The van der Waals surface area contributed by atoms with Crippen molar-refractivity contribution in [1.29, 1.82) is 0 Å². The van der Waals surface area contributed by atoms with Crippen LogP contribution in [0, 0.1) is 0 Å². The number of fused-ring (bicyclic) bond motifs is 2. The van der Waals surface area contributed by atoms with Gasteiger partial charge in [-0.15, -0.1) is 0 Å². The molecule has 2 aromatic rings. The van der Waals surface area contributed by atoms with Gasteiger partial charge in [0.05, 0.1) is 31.6 Å². The number of halogens is 1. The van der Waals surface area contributed by atoms with Crippen LogP contribution in [-0.2, 0) is 22.4 Å². The summed E-state index contributed by atoms with van der Waals surface area (Å²) in [7, 11) is 1.34. The number of amides is 2. The Morgan fingerprint density at radius 3 is 2.43 bits per heavy atom.